The number of hydrogen-bond donors (Lipinski definition) is 2. The summed E-state index contributed by atoms with van der Waals surface area (Å²) >= 11 is 0. The number of nitrogens with one attached hydrogen (secondary N) is 1. The molecule has 1 aromatic heterocycles. The molecule has 0 saturated carbocycles. The lowest BCUT2D eigenvalue weighted by Gasteiger charge is -2.16. The first kappa shape index (κ1) is 11.1. The summed E-state index contributed by atoms with van der Waals surface area (Å²) in [7, 11) is 0. The fourth-order valence-electron chi connectivity index (χ4n) is 1.03. The summed E-state index contributed by atoms with van der Waals surface area (Å²) in [5, 5.41) is 12.7. The molecule has 0 spiro atoms. The third-order valence-corrected chi connectivity index (χ3v) is 1.86. The van der Waals surface area contributed by atoms with Crippen molar-refractivity contribution >= 4 is 0 Å². The largest absolute Gasteiger partial charge is 0.390 e. The second-order valence-electron chi connectivity index (χ2n) is 3.94. The molecule has 14 heavy (non-hydrogen) atoms. The smallest absolute Gasteiger partial charge is 0.115 e. The summed E-state index contributed by atoms with van der Waals surface area (Å²) in [5.74, 6) is 0. The minimum atomic E-state index is -0.599. The van der Waals surface area contributed by atoms with Crippen LogP contribution in [0.3, 0.4) is 0 Å². The predicted molar refractivity (Wildman–Crippen MR) is 54.7 cm³/mol. The molecule has 1 heterocycles. The summed E-state index contributed by atoms with van der Waals surface area (Å²) < 4.78 is 0. The molecule has 0 fully saturated rings. The molecule has 4 nitrogen and oxygen atoms in total. The van der Waals surface area contributed by atoms with Crippen LogP contribution in [0, 0.1) is 0 Å². The minimum absolute atomic E-state index is 0.599. The van der Waals surface area contributed by atoms with Gasteiger partial charge in [-0.2, -0.15) is 0 Å². The van der Waals surface area contributed by atoms with Crippen LogP contribution in [0.1, 0.15) is 26.0 Å². The van der Waals surface area contributed by atoms with Gasteiger partial charge in [-0.15, -0.1) is 0 Å². The lowest BCUT2D eigenvalue weighted by atomic mass is 10.1. The molecule has 4 heteroatoms. The Morgan fingerprint density at radius 1 is 1.50 bits per heavy atom. The van der Waals surface area contributed by atoms with Crippen molar-refractivity contribution in [3.8, 4) is 0 Å². The molecular weight excluding hydrogens is 178 g/mol. The van der Waals surface area contributed by atoms with Crippen molar-refractivity contribution in [1.29, 1.82) is 0 Å². The molecule has 2 N–H and O–H groups in total. The Balaban J connectivity index is 2.17. The Labute approximate surface area is 84.4 Å². The van der Waals surface area contributed by atoms with Gasteiger partial charge in [-0.1, -0.05) is 0 Å². The van der Waals surface area contributed by atoms with Gasteiger partial charge in [0.25, 0.3) is 0 Å². The maximum Gasteiger partial charge on any atom is 0.115 e. The van der Waals surface area contributed by atoms with Crippen molar-refractivity contribution in [3.05, 3.63) is 24.3 Å². The third kappa shape index (κ3) is 4.89. The molecule has 0 radical (unpaired) electrons. The minimum Gasteiger partial charge on any atom is -0.390 e. The molecular formula is C10H17N3O. The maximum absolute atomic E-state index is 9.45. The quantitative estimate of drug-likeness (QED) is 0.680. The van der Waals surface area contributed by atoms with E-state index in [-0.39, 0.29) is 0 Å². The van der Waals surface area contributed by atoms with Crippen molar-refractivity contribution < 1.29 is 5.11 Å². The summed E-state index contributed by atoms with van der Waals surface area (Å²) in [4.78, 5) is 7.91. The molecule has 0 aliphatic heterocycles. The van der Waals surface area contributed by atoms with Crippen molar-refractivity contribution in [2.24, 2.45) is 0 Å². The zero-order chi connectivity index (χ0) is 10.4. The van der Waals surface area contributed by atoms with Crippen LogP contribution in [0.2, 0.25) is 0 Å². The van der Waals surface area contributed by atoms with Crippen molar-refractivity contribution in [3.63, 3.8) is 0 Å². The van der Waals surface area contributed by atoms with Crippen LogP contribution < -0.4 is 5.32 Å². The standard InChI is InChI=1S/C10H17N3O/c1-10(2,14)4-6-11-7-9-3-5-12-8-13-9/h3,5,8,11,14H,4,6-7H2,1-2H3. The second-order valence-corrected chi connectivity index (χ2v) is 3.94. The molecule has 0 atom stereocenters. The van der Waals surface area contributed by atoms with Gasteiger partial charge >= 0.3 is 0 Å². The van der Waals surface area contributed by atoms with Gasteiger partial charge < -0.3 is 10.4 Å². The van der Waals surface area contributed by atoms with Gasteiger partial charge in [0.1, 0.15) is 6.33 Å². The monoisotopic (exact) mass is 195 g/mol. The SMILES string of the molecule is CC(C)(O)CCNCc1ccncn1. The first-order valence-corrected chi connectivity index (χ1v) is 4.76. The van der Waals surface area contributed by atoms with E-state index in [0.717, 1.165) is 25.2 Å². The first-order chi connectivity index (χ1) is 6.58. The summed E-state index contributed by atoms with van der Waals surface area (Å²) in [5.41, 5.74) is 0.370. The van der Waals surface area contributed by atoms with Crippen molar-refractivity contribution in [2.75, 3.05) is 6.54 Å². The van der Waals surface area contributed by atoms with E-state index >= 15 is 0 Å². The summed E-state index contributed by atoms with van der Waals surface area (Å²) in [6, 6.07) is 1.87. The van der Waals surface area contributed by atoms with Gasteiger partial charge in [-0.3, -0.25) is 0 Å². The van der Waals surface area contributed by atoms with E-state index in [1.165, 1.54) is 6.33 Å². The molecule has 0 saturated heterocycles. The Bertz CT molecular complexity index is 256. The van der Waals surface area contributed by atoms with Crippen LogP contribution in [0.15, 0.2) is 18.6 Å². The van der Waals surface area contributed by atoms with E-state index in [1.807, 2.05) is 6.07 Å². The van der Waals surface area contributed by atoms with Crippen LogP contribution in [-0.4, -0.2) is 27.2 Å². The molecule has 0 aliphatic rings. The molecule has 1 rings (SSSR count). The fraction of sp³-hybridized carbons (Fsp3) is 0.600. The Morgan fingerprint density at radius 3 is 2.86 bits per heavy atom. The van der Waals surface area contributed by atoms with Gasteiger partial charge in [0, 0.05) is 12.7 Å². The molecule has 0 aromatic carbocycles. The Kier molecular flexibility index (Phi) is 3.98. The fourth-order valence-corrected chi connectivity index (χ4v) is 1.03. The van der Waals surface area contributed by atoms with E-state index in [0.29, 0.717) is 0 Å². The number of nitrogens with zero attached hydrogens (tertiary/aromatic N) is 2. The van der Waals surface area contributed by atoms with E-state index < -0.39 is 5.60 Å². The number of aromatic nitrogens is 2. The van der Waals surface area contributed by atoms with Crippen LogP contribution in [-0.2, 0) is 6.54 Å². The third-order valence-electron chi connectivity index (χ3n) is 1.86. The number of hydrogen-bond acceptors (Lipinski definition) is 4. The van der Waals surface area contributed by atoms with Crippen molar-refractivity contribution in [2.45, 2.75) is 32.4 Å². The highest BCUT2D eigenvalue weighted by atomic mass is 16.3. The van der Waals surface area contributed by atoms with Crippen LogP contribution in [0.5, 0.6) is 0 Å². The Morgan fingerprint density at radius 2 is 2.29 bits per heavy atom. The lowest BCUT2D eigenvalue weighted by molar-refractivity contribution is 0.0711. The predicted octanol–water partition coefficient (Wildman–Crippen LogP) is 0.727. The lowest BCUT2D eigenvalue weighted by Crippen LogP contribution is -2.26. The maximum atomic E-state index is 9.45. The van der Waals surface area contributed by atoms with E-state index in [1.54, 1.807) is 20.0 Å². The molecule has 1 aromatic rings. The molecule has 0 bridgehead atoms. The van der Waals surface area contributed by atoms with Gasteiger partial charge in [0.2, 0.25) is 0 Å². The number of rotatable bonds is 5. The highest BCUT2D eigenvalue weighted by molar-refractivity contribution is 4.96. The van der Waals surface area contributed by atoms with E-state index in [2.05, 4.69) is 15.3 Å². The van der Waals surface area contributed by atoms with Gasteiger partial charge in [0.15, 0.2) is 0 Å². The van der Waals surface area contributed by atoms with Crippen molar-refractivity contribution in [1.82, 2.24) is 15.3 Å². The average molecular weight is 195 g/mol. The number of aliphatic hydroxyl groups is 1. The summed E-state index contributed by atoms with van der Waals surface area (Å²) in [6.45, 7) is 5.12. The summed E-state index contributed by atoms with van der Waals surface area (Å²) in [6.07, 6.45) is 3.99. The second kappa shape index (κ2) is 5.02. The zero-order valence-corrected chi connectivity index (χ0v) is 8.70. The molecule has 0 aliphatic carbocycles. The van der Waals surface area contributed by atoms with Crippen LogP contribution in [0.4, 0.5) is 0 Å². The topological polar surface area (TPSA) is 58.0 Å². The normalized spacial score (nSPS) is 11.6. The van der Waals surface area contributed by atoms with Gasteiger partial charge in [0.05, 0.1) is 11.3 Å². The highest BCUT2D eigenvalue weighted by Gasteiger charge is 2.10. The van der Waals surface area contributed by atoms with E-state index in [4.69, 9.17) is 0 Å². The zero-order valence-electron chi connectivity index (χ0n) is 8.70. The van der Waals surface area contributed by atoms with Gasteiger partial charge in [-0.25, -0.2) is 9.97 Å². The average Bonchev–Trinajstić information content (AvgIpc) is 2.13. The first-order valence-electron chi connectivity index (χ1n) is 4.76. The van der Waals surface area contributed by atoms with E-state index in [9.17, 15) is 5.11 Å². The molecule has 78 valence electrons. The van der Waals surface area contributed by atoms with Crippen LogP contribution >= 0.6 is 0 Å². The van der Waals surface area contributed by atoms with Gasteiger partial charge in [-0.05, 0) is 32.9 Å². The highest BCUT2D eigenvalue weighted by Crippen LogP contribution is 2.05. The molecule has 0 amide bonds. The Hall–Kier alpha value is -1.00. The molecule has 0 unspecified atom stereocenters. The van der Waals surface area contributed by atoms with Crippen LogP contribution in [0.25, 0.3) is 0 Å².